The number of likely N-dealkylation sites (tertiary alicyclic amines) is 1. The number of piperidine rings is 1. The fourth-order valence-corrected chi connectivity index (χ4v) is 3.75. The first-order chi connectivity index (χ1) is 13.4. The Hall–Kier alpha value is -2.64. The molecule has 4 rings (SSSR count). The van der Waals surface area contributed by atoms with Crippen molar-refractivity contribution in [1.82, 2.24) is 4.90 Å². The molecule has 1 fully saturated rings. The van der Waals surface area contributed by atoms with Crippen LogP contribution in [0, 0.1) is 17.6 Å². The van der Waals surface area contributed by atoms with Gasteiger partial charge in [-0.15, -0.1) is 0 Å². The fraction of sp³-hybridized carbons (Fsp3) is 0.250. The highest BCUT2D eigenvalue weighted by atomic mass is 35.5. The highest BCUT2D eigenvalue weighted by Crippen LogP contribution is 2.35. The number of nitrogens with one attached hydrogen (secondary N) is 1. The van der Waals surface area contributed by atoms with Gasteiger partial charge in [0.1, 0.15) is 17.3 Å². The molecule has 2 aromatic rings. The van der Waals surface area contributed by atoms with E-state index in [1.54, 1.807) is 29.2 Å². The van der Waals surface area contributed by atoms with E-state index in [1.807, 2.05) is 0 Å². The van der Waals surface area contributed by atoms with Crippen molar-refractivity contribution in [2.45, 2.75) is 6.42 Å². The number of aliphatic imine (C=N–C) groups is 1. The van der Waals surface area contributed by atoms with Crippen molar-refractivity contribution < 1.29 is 18.4 Å². The van der Waals surface area contributed by atoms with Gasteiger partial charge >= 0.3 is 0 Å². The van der Waals surface area contributed by atoms with Gasteiger partial charge in [0.05, 0.1) is 28.7 Å². The number of amides is 1. The third kappa shape index (κ3) is 3.43. The van der Waals surface area contributed by atoms with Crippen LogP contribution in [0.15, 0.2) is 41.4 Å². The smallest absolute Gasteiger partial charge is 0.238 e. The Morgan fingerprint density at radius 2 is 1.96 bits per heavy atom. The summed E-state index contributed by atoms with van der Waals surface area (Å²) in [6.45, 7) is 0.772. The number of nitrogens with zero attached hydrogens (tertiary/aromatic N) is 2. The zero-order valence-electron chi connectivity index (χ0n) is 14.7. The number of halogens is 3. The summed E-state index contributed by atoms with van der Waals surface area (Å²) in [7, 11) is 0. The van der Waals surface area contributed by atoms with Gasteiger partial charge in [-0.1, -0.05) is 23.7 Å². The molecule has 1 amide bonds. The van der Waals surface area contributed by atoms with Crippen LogP contribution in [0.2, 0.25) is 5.02 Å². The Morgan fingerprint density at radius 1 is 1.21 bits per heavy atom. The number of Topliss-reactive ketones (excluding diaryl/α,β-unsaturated/α-hetero) is 1. The van der Waals surface area contributed by atoms with Crippen LogP contribution in [0.5, 0.6) is 0 Å². The first kappa shape index (κ1) is 18.7. The van der Waals surface area contributed by atoms with Crippen LogP contribution in [0.1, 0.15) is 16.8 Å². The molecular formula is C20H16ClF2N3O2. The molecule has 2 aliphatic heterocycles. The van der Waals surface area contributed by atoms with Crippen LogP contribution in [0.3, 0.4) is 0 Å². The SMILES string of the molecule is O=C(CN1CCC2=Nc3c(F)ccc(F)c3C(=O)C2C1)Nc1ccccc1Cl. The first-order valence-electron chi connectivity index (χ1n) is 8.80. The largest absolute Gasteiger partial charge is 0.324 e. The van der Waals surface area contributed by atoms with Crippen molar-refractivity contribution in [3.63, 3.8) is 0 Å². The van der Waals surface area contributed by atoms with Gasteiger partial charge in [0.15, 0.2) is 5.78 Å². The van der Waals surface area contributed by atoms with Crippen molar-refractivity contribution in [2.24, 2.45) is 10.9 Å². The van der Waals surface area contributed by atoms with Crippen LogP contribution in [-0.2, 0) is 4.79 Å². The Balaban J connectivity index is 1.48. The minimum Gasteiger partial charge on any atom is -0.324 e. The molecular weight excluding hydrogens is 388 g/mol. The quantitative estimate of drug-likeness (QED) is 0.846. The molecule has 1 N–H and O–H groups in total. The van der Waals surface area contributed by atoms with E-state index in [4.69, 9.17) is 11.6 Å². The second kappa shape index (κ2) is 7.41. The molecule has 28 heavy (non-hydrogen) atoms. The van der Waals surface area contributed by atoms with Crippen LogP contribution < -0.4 is 5.32 Å². The predicted molar refractivity (Wildman–Crippen MR) is 102 cm³/mol. The van der Waals surface area contributed by atoms with Crippen molar-refractivity contribution in [3.8, 4) is 0 Å². The van der Waals surface area contributed by atoms with Gasteiger partial charge in [-0.05, 0) is 30.7 Å². The van der Waals surface area contributed by atoms with E-state index in [9.17, 15) is 18.4 Å². The van der Waals surface area contributed by atoms with Gasteiger partial charge < -0.3 is 5.32 Å². The van der Waals surface area contributed by atoms with Crippen LogP contribution in [-0.4, -0.2) is 41.9 Å². The maximum atomic E-state index is 14.1. The lowest BCUT2D eigenvalue weighted by Crippen LogP contribution is -2.48. The van der Waals surface area contributed by atoms with Gasteiger partial charge in [-0.3, -0.25) is 19.5 Å². The van der Waals surface area contributed by atoms with Gasteiger partial charge in [0, 0.05) is 18.8 Å². The standard InChI is InChI=1S/C20H16ClF2N3O2/c21-12-3-1-2-4-16(12)24-17(27)10-26-8-7-15-11(9-26)20(28)18-13(22)5-6-14(23)19(18)25-15/h1-6,11H,7-10H2,(H,24,27). The second-order valence-corrected chi connectivity index (χ2v) is 7.19. The summed E-state index contributed by atoms with van der Waals surface area (Å²) >= 11 is 6.04. The molecule has 8 heteroatoms. The molecule has 0 aliphatic carbocycles. The number of fused-ring (bicyclic) bond motifs is 2. The maximum Gasteiger partial charge on any atom is 0.238 e. The van der Waals surface area contributed by atoms with Gasteiger partial charge in [0.25, 0.3) is 0 Å². The van der Waals surface area contributed by atoms with Crippen molar-refractivity contribution in [2.75, 3.05) is 25.0 Å². The van der Waals surface area contributed by atoms with E-state index in [0.717, 1.165) is 12.1 Å². The third-order valence-corrected chi connectivity index (χ3v) is 5.27. The lowest BCUT2D eigenvalue weighted by molar-refractivity contribution is -0.117. The Kier molecular flexibility index (Phi) is 4.95. The van der Waals surface area contributed by atoms with Gasteiger partial charge in [-0.2, -0.15) is 0 Å². The number of anilines is 1. The van der Waals surface area contributed by atoms with Crippen LogP contribution in [0.4, 0.5) is 20.2 Å². The minimum absolute atomic E-state index is 0.0563. The topological polar surface area (TPSA) is 61.8 Å². The molecule has 144 valence electrons. The number of benzene rings is 2. The average Bonchev–Trinajstić information content (AvgIpc) is 2.67. The van der Waals surface area contributed by atoms with E-state index in [0.29, 0.717) is 29.4 Å². The molecule has 1 saturated heterocycles. The van der Waals surface area contributed by atoms with E-state index < -0.39 is 23.3 Å². The minimum atomic E-state index is -0.780. The Bertz CT molecular complexity index is 1010. The number of carbonyl (C=O) groups is 2. The summed E-state index contributed by atoms with van der Waals surface area (Å²) in [4.78, 5) is 31.1. The second-order valence-electron chi connectivity index (χ2n) is 6.79. The third-order valence-electron chi connectivity index (χ3n) is 4.94. The summed E-state index contributed by atoms with van der Waals surface area (Å²) in [6.07, 6.45) is 0.408. The molecule has 0 bridgehead atoms. The summed E-state index contributed by atoms with van der Waals surface area (Å²) in [5.74, 6) is -2.93. The van der Waals surface area contributed by atoms with Crippen molar-refractivity contribution in [3.05, 3.63) is 58.6 Å². The number of hydrogen-bond acceptors (Lipinski definition) is 4. The maximum absolute atomic E-state index is 14.1. The van der Waals surface area contributed by atoms with Crippen molar-refractivity contribution in [1.29, 1.82) is 0 Å². The molecule has 2 heterocycles. The predicted octanol–water partition coefficient (Wildman–Crippen LogP) is 3.85. The van der Waals surface area contributed by atoms with E-state index in [-0.39, 0.29) is 30.2 Å². The van der Waals surface area contributed by atoms with Crippen molar-refractivity contribution >= 4 is 40.4 Å². The molecule has 2 aliphatic rings. The summed E-state index contributed by atoms with van der Waals surface area (Å²) in [5.41, 5.74) is 0.510. The summed E-state index contributed by atoms with van der Waals surface area (Å²) in [5, 5.41) is 3.17. The normalized spacial score (nSPS) is 18.9. The highest BCUT2D eigenvalue weighted by molar-refractivity contribution is 6.33. The molecule has 0 spiro atoms. The van der Waals surface area contributed by atoms with Crippen LogP contribution in [0.25, 0.3) is 0 Å². The van der Waals surface area contributed by atoms with Gasteiger partial charge in [0.2, 0.25) is 5.91 Å². The lowest BCUT2D eigenvalue weighted by atomic mass is 9.84. The summed E-state index contributed by atoms with van der Waals surface area (Å²) in [6, 6.07) is 8.80. The number of rotatable bonds is 3. The van der Waals surface area contributed by atoms with E-state index in [1.165, 1.54) is 0 Å². The number of para-hydroxylation sites is 1. The number of ketones is 1. The zero-order valence-corrected chi connectivity index (χ0v) is 15.5. The van der Waals surface area contributed by atoms with Crippen LogP contribution >= 0.6 is 11.6 Å². The van der Waals surface area contributed by atoms with E-state index >= 15 is 0 Å². The number of carbonyl (C=O) groups excluding carboxylic acids is 2. The Labute approximate surface area is 165 Å². The number of hydrogen-bond donors (Lipinski definition) is 1. The molecule has 1 unspecified atom stereocenters. The fourth-order valence-electron chi connectivity index (χ4n) is 3.57. The monoisotopic (exact) mass is 403 g/mol. The first-order valence-corrected chi connectivity index (χ1v) is 9.18. The summed E-state index contributed by atoms with van der Waals surface area (Å²) < 4.78 is 28.1. The molecule has 2 aromatic carbocycles. The molecule has 1 atom stereocenters. The molecule has 0 saturated carbocycles. The van der Waals surface area contributed by atoms with Gasteiger partial charge in [-0.25, -0.2) is 8.78 Å². The highest BCUT2D eigenvalue weighted by Gasteiger charge is 2.38. The lowest BCUT2D eigenvalue weighted by Gasteiger charge is -2.34. The van der Waals surface area contributed by atoms with E-state index in [2.05, 4.69) is 10.3 Å². The molecule has 5 nitrogen and oxygen atoms in total. The molecule has 0 aromatic heterocycles. The Morgan fingerprint density at radius 3 is 2.75 bits per heavy atom. The molecule has 0 radical (unpaired) electrons. The zero-order chi connectivity index (χ0) is 19.8. The average molecular weight is 404 g/mol.